The summed E-state index contributed by atoms with van der Waals surface area (Å²) in [5.41, 5.74) is 6.40. The molecule has 29 heavy (non-hydrogen) atoms. The summed E-state index contributed by atoms with van der Waals surface area (Å²) in [6, 6.07) is 5.43. The lowest BCUT2D eigenvalue weighted by Gasteiger charge is -2.37. The number of halogens is 3. The molecule has 1 aromatic heterocycles. The SMILES string of the molecule is CC(C(=O)Nc1cccc(F)c1)N1CCN(C(=O)c2csc(CN)n2)CC1.Cl.Cl. The Morgan fingerprint density at radius 2 is 1.97 bits per heavy atom. The molecule has 0 radical (unpaired) electrons. The van der Waals surface area contributed by atoms with E-state index in [9.17, 15) is 14.0 Å². The molecule has 0 bridgehead atoms. The molecule has 2 heterocycles. The predicted octanol–water partition coefficient (Wildman–Crippen LogP) is 2.37. The van der Waals surface area contributed by atoms with Crippen molar-refractivity contribution >= 4 is 53.7 Å². The Kier molecular flexibility index (Phi) is 9.94. The number of thiazole rings is 1. The number of hydrogen-bond donors (Lipinski definition) is 2. The van der Waals surface area contributed by atoms with Crippen LogP contribution in [-0.2, 0) is 11.3 Å². The Morgan fingerprint density at radius 1 is 1.28 bits per heavy atom. The van der Waals surface area contributed by atoms with Gasteiger partial charge in [0.05, 0.1) is 6.04 Å². The van der Waals surface area contributed by atoms with Gasteiger partial charge in [0.2, 0.25) is 5.91 Å². The number of nitrogens with zero attached hydrogens (tertiary/aromatic N) is 3. The van der Waals surface area contributed by atoms with Gasteiger partial charge in [-0.1, -0.05) is 6.07 Å². The van der Waals surface area contributed by atoms with Gasteiger partial charge in [0.25, 0.3) is 5.91 Å². The highest BCUT2D eigenvalue weighted by Gasteiger charge is 2.28. The summed E-state index contributed by atoms with van der Waals surface area (Å²) < 4.78 is 13.2. The number of nitrogens with two attached hydrogens (primary N) is 1. The first-order valence-electron chi connectivity index (χ1n) is 8.72. The van der Waals surface area contributed by atoms with E-state index in [4.69, 9.17) is 5.73 Å². The lowest BCUT2D eigenvalue weighted by atomic mass is 10.2. The van der Waals surface area contributed by atoms with Gasteiger partial charge in [-0.25, -0.2) is 9.37 Å². The first kappa shape index (κ1) is 25.3. The van der Waals surface area contributed by atoms with Gasteiger partial charge in [0.1, 0.15) is 16.5 Å². The van der Waals surface area contributed by atoms with Crippen LogP contribution >= 0.6 is 36.2 Å². The van der Waals surface area contributed by atoms with E-state index in [1.54, 1.807) is 29.3 Å². The van der Waals surface area contributed by atoms with Gasteiger partial charge in [-0.3, -0.25) is 14.5 Å². The van der Waals surface area contributed by atoms with Crippen molar-refractivity contribution in [1.29, 1.82) is 0 Å². The van der Waals surface area contributed by atoms with Crippen LogP contribution in [0.4, 0.5) is 10.1 Å². The van der Waals surface area contributed by atoms with Crippen LogP contribution in [0.5, 0.6) is 0 Å². The van der Waals surface area contributed by atoms with Crippen molar-refractivity contribution in [3.05, 3.63) is 46.2 Å². The molecule has 2 amide bonds. The van der Waals surface area contributed by atoms with E-state index in [-0.39, 0.29) is 42.7 Å². The molecule has 1 saturated heterocycles. The molecule has 11 heteroatoms. The molecule has 3 N–H and O–H groups in total. The molecule has 1 atom stereocenters. The van der Waals surface area contributed by atoms with Crippen LogP contribution in [0.1, 0.15) is 22.4 Å². The third-order valence-electron chi connectivity index (χ3n) is 4.57. The topological polar surface area (TPSA) is 91.6 Å². The number of anilines is 1. The second kappa shape index (κ2) is 11.4. The summed E-state index contributed by atoms with van der Waals surface area (Å²) in [7, 11) is 0. The van der Waals surface area contributed by atoms with Crippen molar-refractivity contribution in [2.24, 2.45) is 5.73 Å². The van der Waals surface area contributed by atoms with Crippen molar-refractivity contribution in [2.75, 3.05) is 31.5 Å². The van der Waals surface area contributed by atoms with Gasteiger partial charge in [0, 0.05) is 43.8 Å². The fraction of sp³-hybridized carbons (Fsp3) is 0.389. The van der Waals surface area contributed by atoms with Crippen molar-refractivity contribution in [3.8, 4) is 0 Å². The highest BCUT2D eigenvalue weighted by molar-refractivity contribution is 7.09. The van der Waals surface area contributed by atoms with Crippen LogP contribution in [0.15, 0.2) is 29.6 Å². The maximum Gasteiger partial charge on any atom is 0.273 e. The molecule has 0 spiro atoms. The molecule has 0 saturated carbocycles. The molecule has 1 aromatic carbocycles. The van der Waals surface area contributed by atoms with Crippen LogP contribution in [-0.4, -0.2) is 58.8 Å². The Labute approximate surface area is 185 Å². The maximum absolute atomic E-state index is 13.2. The standard InChI is InChI=1S/C18H22FN5O2S.2ClH/c1-12(17(25)21-14-4-2-3-13(19)9-14)23-5-7-24(8-6-23)18(26)15-11-27-16(10-20)22-15;;/h2-4,9,11-12H,5-8,10,20H2,1H3,(H,21,25);2*1H. The summed E-state index contributed by atoms with van der Waals surface area (Å²) in [6.45, 7) is 4.33. The molecule has 1 aliphatic heterocycles. The zero-order chi connectivity index (χ0) is 19.4. The molecular weight excluding hydrogens is 440 g/mol. The minimum atomic E-state index is -0.396. The second-order valence-electron chi connectivity index (χ2n) is 6.33. The molecule has 160 valence electrons. The molecule has 3 rings (SSSR count). The van der Waals surface area contributed by atoms with Crippen molar-refractivity contribution in [1.82, 2.24) is 14.8 Å². The normalized spacial score (nSPS) is 15.1. The Bertz CT molecular complexity index is 830. The van der Waals surface area contributed by atoms with E-state index in [1.807, 2.05) is 4.90 Å². The van der Waals surface area contributed by atoms with Crippen LogP contribution in [0.2, 0.25) is 0 Å². The van der Waals surface area contributed by atoms with E-state index in [2.05, 4.69) is 10.3 Å². The van der Waals surface area contributed by atoms with E-state index >= 15 is 0 Å². The van der Waals surface area contributed by atoms with Crippen molar-refractivity contribution in [2.45, 2.75) is 19.5 Å². The second-order valence-corrected chi connectivity index (χ2v) is 7.28. The summed E-state index contributed by atoms with van der Waals surface area (Å²) in [6.07, 6.45) is 0. The van der Waals surface area contributed by atoms with E-state index in [1.165, 1.54) is 23.5 Å². The minimum Gasteiger partial charge on any atom is -0.335 e. The number of hydrogen-bond acceptors (Lipinski definition) is 6. The third-order valence-corrected chi connectivity index (χ3v) is 5.44. The smallest absolute Gasteiger partial charge is 0.273 e. The molecule has 2 aromatic rings. The number of carbonyl (C=O) groups excluding carboxylic acids is 2. The zero-order valence-corrected chi connectivity index (χ0v) is 18.3. The highest BCUT2D eigenvalue weighted by Crippen LogP contribution is 2.15. The number of aromatic nitrogens is 1. The van der Waals surface area contributed by atoms with E-state index in [0.29, 0.717) is 44.1 Å². The van der Waals surface area contributed by atoms with Gasteiger partial charge < -0.3 is 16.0 Å². The highest BCUT2D eigenvalue weighted by atomic mass is 35.5. The Morgan fingerprint density at radius 3 is 2.55 bits per heavy atom. The number of carbonyl (C=O) groups is 2. The van der Waals surface area contributed by atoms with Crippen LogP contribution in [0.3, 0.4) is 0 Å². The molecule has 1 aliphatic rings. The Hall–Kier alpha value is -1.78. The summed E-state index contributed by atoms with van der Waals surface area (Å²) in [5, 5.41) is 5.19. The van der Waals surface area contributed by atoms with Crippen molar-refractivity contribution in [3.63, 3.8) is 0 Å². The fourth-order valence-corrected chi connectivity index (χ4v) is 3.60. The summed E-state index contributed by atoms with van der Waals surface area (Å²) >= 11 is 1.38. The monoisotopic (exact) mass is 463 g/mol. The molecular formula is C18H24Cl2FN5O2S. The Balaban J connectivity index is 0.00000210. The zero-order valence-electron chi connectivity index (χ0n) is 15.8. The number of piperazine rings is 1. The van der Waals surface area contributed by atoms with E-state index < -0.39 is 5.82 Å². The van der Waals surface area contributed by atoms with Crippen LogP contribution < -0.4 is 11.1 Å². The number of benzene rings is 1. The average molecular weight is 464 g/mol. The minimum absolute atomic E-state index is 0. The van der Waals surface area contributed by atoms with Gasteiger partial charge in [0.15, 0.2) is 0 Å². The van der Waals surface area contributed by atoms with E-state index in [0.717, 1.165) is 5.01 Å². The predicted molar refractivity (Wildman–Crippen MR) is 116 cm³/mol. The maximum atomic E-state index is 13.2. The quantitative estimate of drug-likeness (QED) is 0.709. The van der Waals surface area contributed by atoms with Gasteiger partial charge in [-0.15, -0.1) is 36.2 Å². The summed E-state index contributed by atoms with van der Waals surface area (Å²) in [5.74, 6) is -0.706. The van der Waals surface area contributed by atoms with Crippen molar-refractivity contribution < 1.29 is 14.0 Å². The first-order chi connectivity index (χ1) is 13.0. The molecule has 1 unspecified atom stereocenters. The van der Waals surface area contributed by atoms with Gasteiger partial charge in [-0.05, 0) is 25.1 Å². The van der Waals surface area contributed by atoms with Crippen LogP contribution in [0, 0.1) is 5.82 Å². The lowest BCUT2D eigenvalue weighted by molar-refractivity contribution is -0.121. The molecule has 0 aliphatic carbocycles. The first-order valence-corrected chi connectivity index (χ1v) is 9.60. The van der Waals surface area contributed by atoms with Crippen LogP contribution in [0.25, 0.3) is 0 Å². The summed E-state index contributed by atoms with van der Waals surface area (Å²) in [4.78, 5) is 32.9. The lowest BCUT2D eigenvalue weighted by Crippen LogP contribution is -2.54. The van der Waals surface area contributed by atoms with Gasteiger partial charge >= 0.3 is 0 Å². The largest absolute Gasteiger partial charge is 0.335 e. The number of amides is 2. The molecule has 1 fully saturated rings. The number of rotatable bonds is 5. The average Bonchev–Trinajstić information content (AvgIpc) is 3.16. The van der Waals surface area contributed by atoms with Gasteiger partial charge in [-0.2, -0.15) is 0 Å². The fourth-order valence-electron chi connectivity index (χ4n) is 2.96. The third kappa shape index (κ3) is 6.35. The number of nitrogens with one attached hydrogen (secondary N) is 1. The molecule has 7 nitrogen and oxygen atoms in total.